The Hall–Kier alpha value is -2.08. The smallest absolute Gasteiger partial charge is 0.245 e. The van der Waals surface area contributed by atoms with Crippen LogP contribution < -0.4 is 15.8 Å². The molecule has 1 fully saturated rings. The lowest BCUT2D eigenvalue weighted by Crippen LogP contribution is -2.48. The van der Waals surface area contributed by atoms with Gasteiger partial charge in [-0.2, -0.15) is 0 Å². The largest absolute Gasteiger partial charge is 0.497 e. The summed E-state index contributed by atoms with van der Waals surface area (Å²) in [6.07, 6.45) is 2.10. The average Bonchev–Trinajstić information content (AvgIpc) is 2.89. The topological polar surface area (TPSA) is 84.7 Å². The number of likely N-dealkylation sites (tertiary alicyclic amines) is 1. The van der Waals surface area contributed by atoms with Crippen LogP contribution in [-0.4, -0.2) is 42.5 Å². The molecule has 1 aromatic rings. The third-order valence-corrected chi connectivity index (χ3v) is 4.08. The molecule has 2 unspecified atom stereocenters. The highest BCUT2D eigenvalue weighted by molar-refractivity contribution is 5.90. The minimum atomic E-state index is -0.538. The molecule has 2 amide bonds. The Kier molecular flexibility index (Phi) is 5.98. The molecule has 0 spiro atoms. The number of hydrogen-bond donors (Lipinski definition) is 2. The number of nitrogens with two attached hydrogens (primary N) is 1. The molecule has 0 bridgehead atoms. The predicted octanol–water partition coefficient (Wildman–Crippen LogP) is 1.04. The molecule has 2 rings (SSSR count). The predicted molar refractivity (Wildman–Crippen MR) is 87.8 cm³/mol. The van der Waals surface area contributed by atoms with Gasteiger partial charge in [-0.1, -0.05) is 25.5 Å². The Morgan fingerprint density at radius 1 is 1.43 bits per heavy atom. The molecule has 6 nitrogen and oxygen atoms in total. The van der Waals surface area contributed by atoms with E-state index < -0.39 is 12.1 Å². The van der Waals surface area contributed by atoms with Gasteiger partial charge in [0.2, 0.25) is 11.8 Å². The number of benzene rings is 1. The molecule has 2 atom stereocenters. The van der Waals surface area contributed by atoms with Crippen molar-refractivity contribution in [3.63, 3.8) is 0 Å². The van der Waals surface area contributed by atoms with Crippen LogP contribution >= 0.6 is 0 Å². The third-order valence-electron chi connectivity index (χ3n) is 4.08. The number of rotatable bonds is 7. The second-order valence-electron chi connectivity index (χ2n) is 5.85. The zero-order valence-electron chi connectivity index (χ0n) is 13.7. The number of nitrogens with zero attached hydrogens (tertiary/aromatic N) is 1. The van der Waals surface area contributed by atoms with Crippen LogP contribution in [0, 0.1) is 0 Å². The van der Waals surface area contributed by atoms with Crippen LogP contribution in [-0.2, 0) is 16.1 Å². The van der Waals surface area contributed by atoms with Gasteiger partial charge in [0.25, 0.3) is 0 Å². The molecule has 0 aliphatic carbocycles. The van der Waals surface area contributed by atoms with Crippen LogP contribution in [0.15, 0.2) is 24.3 Å². The summed E-state index contributed by atoms with van der Waals surface area (Å²) in [6.45, 7) is 3.15. The minimum absolute atomic E-state index is 0.0436. The number of carbonyl (C=O) groups excluding carboxylic acids is 2. The van der Waals surface area contributed by atoms with Gasteiger partial charge < -0.3 is 20.7 Å². The van der Waals surface area contributed by atoms with E-state index in [-0.39, 0.29) is 11.8 Å². The maximum Gasteiger partial charge on any atom is 0.245 e. The molecule has 1 aliphatic heterocycles. The van der Waals surface area contributed by atoms with Crippen LogP contribution in [0.5, 0.6) is 5.75 Å². The number of nitrogens with one attached hydrogen (secondary N) is 1. The van der Waals surface area contributed by atoms with E-state index in [9.17, 15) is 9.59 Å². The van der Waals surface area contributed by atoms with Crippen molar-refractivity contribution in [2.24, 2.45) is 5.73 Å². The van der Waals surface area contributed by atoms with Crippen molar-refractivity contribution in [3.8, 4) is 5.75 Å². The van der Waals surface area contributed by atoms with Gasteiger partial charge in [-0.05, 0) is 30.5 Å². The number of ether oxygens (including phenoxy) is 1. The maximum atomic E-state index is 12.4. The second-order valence-corrected chi connectivity index (χ2v) is 5.85. The van der Waals surface area contributed by atoms with Gasteiger partial charge in [0.15, 0.2) is 0 Å². The molecule has 1 heterocycles. The summed E-state index contributed by atoms with van der Waals surface area (Å²) in [5, 5.41) is 2.77. The van der Waals surface area contributed by atoms with E-state index in [1.54, 1.807) is 12.0 Å². The van der Waals surface area contributed by atoms with Crippen molar-refractivity contribution in [1.29, 1.82) is 0 Å². The van der Waals surface area contributed by atoms with Gasteiger partial charge in [0, 0.05) is 13.1 Å². The van der Waals surface area contributed by atoms with Crippen molar-refractivity contribution in [3.05, 3.63) is 29.8 Å². The summed E-state index contributed by atoms with van der Waals surface area (Å²) in [7, 11) is 1.62. The summed E-state index contributed by atoms with van der Waals surface area (Å²) >= 11 is 0. The lowest BCUT2D eigenvalue weighted by Gasteiger charge is -2.18. The van der Waals surface area contributed by atoms with E-state index in [2.05, 4.69) is 5.32 Å². The molecule has 0 aromatic heterocycles. The van der Waals surface area contributed by atoms with Gasteiger partial charge >= 0.3 is 0 Å². The van der Waals surface area contributed by atoms with Crippen LogP contribution in [0.3, 0.4) is 0 Å². The number of amides is 2. The Morgan fingerprint density at radius 2 is 2.13 bits per heavy atom. The Morgan fingerprint density at radius 3 is 2.74 bits per heavy atom. The molecular formula is C17H25N3O3. The highest BCUT2D eigenvalue weighted by Gasteiger charge is 2.33. The van der Waals surface area contributed by atoms with E-state index in [4.69, 9.17) is 10.5 Å². The van der Waals surface area contributed by atoms with Gasteiger partial charge in [0.1, 0.15) is 11.8 Å². The number of carbonyl (C=O) groups is 2. The zero-order chi connectivity index (χ0) is 16.8. The monoisotopic (exact) mass is 319 g/mol. The summed E-state index contributed by atoms with van der Waals surface area (Å²) in [6, 6.07) is 6.63. The quantitative estimate of drug-likeness (QED) is 0.786. The fraction of sp³-hybridized carbons (Fsp3) is 0.529. The van der Waals surface area contributed by atoms with Crippen molar-refractivity contribution in [1.82, 2.24) is 10.2 Å². The van der Waals surface area contributed by atoms with E-state index in [1.165, 1.54) is 0 Å². The molecule has 0 radical (unpaired) electrons. The molecule has 23 heavy (non-hydrogen) atoms. The standard InChI is InChI=1S/C17H25N3O3/c1-3-4-14(18)16(21)19-15-9-10-20(17(15)22)11-12-5-7-13(23-2)8-6-12/h5-8,14-15H,3-4,9-11,18H2,1-2H3,(H,19,21). The lowest BCUT2D eigenvalue weighted by atomic mass is 10.1. The fourth-order valence-corrected chi connectivity index (χ4v) is 2.70. The first-order valence-corrected chi connectivity index (χ1v) is 8.02. The number of hydrogen-bond acceptors (Lipinski definition) is 4. The van der Waals surface area contributed by atoms with Crippen molar-refractivity contribution in [2.45, 2.75) is 44.8 Å². The Labute approximate surface area is 137 Å². The van der Waals surface area contributed by atoms with E-state index in [1.807, 2.05) is 31.2 Å². The van der Waals surface area contributed by atoms with E-state index in [0.717, 1.165) is 17.7 Å². The molecule has 6 heteroatoms. The first kappa shape index (κ1) is 17.3. The highest BCUT2D eigenvalue weighted by atomic mass is 16.5. The molecule has 1 aliphatic rings. The van der Waals surface area contributed by atoms with Crippen molar-refractivity contribution >= 4 is 11.8 Å². The molecule has 126 valence electrons. The van der Waals surface area contributed by atoms with Crippen LogP contribution in [0.1, 0.15) is 31.7 Å². The molecule has 1 aromatic carbocycles. The molecule has 0 saturated carbocycles. The Bertz CT molecular complexity index is 545. The summed E-state index contributed by atoms with van der Waals surface area (Å²) < 4.78 is 5.12. The SMILES string of the molecule is CCCC(N)C(=O)NC1CCN(Cc2ccc(OC)cc2)C1=O. The summed E-state index contributed by atoms with van der Waals surface area (Å²) in [4.78, 5) is 26.1. The van der Waals surface area contributed by atoms with Crippen LogP contribution in [0.4, 0.5) is 0 Å². The number of methoxy groups -OCH3 is 1. The van der Waals surface area contributed by atoms with Gasteiger partial charge in [-0.25, -0.2) is 0 Å². The first-order valence-electron chi connectivity index (χ1n) is 8.02. The van der Waals surface area contributed by atoms with Crippen molar-refractivity contribution < 1.29 is 14.3 Å². The molecule has 3 N–H and O–H groups in total. The normalized spacial score (nSPS) is 18.8. The van der Waals surface area contributed by atoms with Crippen molar-refractivity contribution in [2.75, 3.05) is 13.7 Å². The maximum absolute atomic E-state index is 12.4. The average molecular weight is 319 g/mol. The first-order chi connectivity index (χ1) is 11.0. The Balaban J connectivity index is 1.89. The van der Waals surface area contributed by atoms with Crippen LogP contribution in [0.25, 0.3) is 0 Å². The summed E-state index contributed by atoms with van der Waals surface area (Å²) in [5.74, 6) is 0.505. The van der Waals surface area contributed by atoms with Gasteiger partial charge in [0.05, 0.1) is 13.2 Å². The highest BCUT2D eigenvalue weighted by Crippen LogP contribution is 2.17. The van der Waals surface area contributed by atoms with Gasteiger partial charge in [-0.15, -0.1) is 0 Å². The summed E-state index contributed by atoms with van der Waals surface area (Å²) in [5.41, 5.74) is 6.82. The zero-order valence-corrected chi connectivity index (χ0v) is 13.7. The molecule has 1 saturated heterocycles. The van der Waals surface area contributed by atoms with E-state index >= 15 is 0 Å². The third kappa shape index (κ3) is 4.45. The minimum Gasteiger partial charge on any atom is -0.497 e. The second kappa shape index (κ2) is 7.97. The van der Waals surface area contributed by atoms with E-state index in [0.29, 0.717) is 25.9 Å². The van der Waals surface area contributed by atoms with Crippen LogP contribution in [0.2, 0.25) is 0 Å². The lowest BCUT2D eigenvalue weighted by molar-refractivity contribution is -0.133. The van der Waals surface area contributed by atoms with Gasteiger partial charge in [-0.3, -0.25) is 9.59 Å². The molecular weight excluding hydrogens is 294 g/mol. The fourth-order valence-electron chi connectivity index (χ4n) is 2.70.